The van der Waals surface area contributed by atoms with Crippen LogP contribution in [0.1, 0.15) is 43.2 Å². The monoisotopic (exact) mass is 628 g/mol. The molecule has 0 aromatic heterocycles. The number of alkyl halides is 3. The van der Waals surface area contributed by atoms with Gasteiger partial charge < -0.3 is 30.9 Å². The largest absolute Gasteiger partial charge is 0.450 e. The summed E-state index contributed by atoms with van der Waals surface area (Å²) >= 11 is 0. The second-order valence-electron chi connectivity index (χ2n) is 10.7. The van der Waals surface area contributed by atoms with E-state index in [0.717, 1.165) is 6.07 Å². The number of rotatable bonds is 6. The van der Waals surface area contributed by atoms with E-state index < -0.39 is 59.9 Å². The number of piperazine rings is 1. The van der Waals surface area contributed by atoms with Gasteiger partial charge in [0.1, 0.15) is 6.04 Å². The van der Waals surface area contributed by atoms with Crippen molar-refractivity contribution in [3.63, 3.8) is 0 Å². The molecule has 2 aliphatic rings. The van der Waals surface area contributed by atoms with Gasteiger partial charge in [-0.05, 0) is 50.2 Å². The molecule has 244 valence electrons. The molecule has 0 radical (unpaired) electrons. The number of benzene rings is 1. The Morgan fingerprint density at radius 2 is 1.73 bits per heavy atom. The Morgan fingerprint density at radius 3 is 2.43 bits per heavy atom. The first-order valence-corrected chi connectivity index (χ1v) is 14.6. The number of hydrogen-bond acceptors (Lipinski definition) is 8. The van der Waals surface area contributed by atoms with Crippen LogP contribution in [-0.2, 0) is 36.5 Å². The Hall–Kier alpha value is -3.92. The van der Waals surface area contributed by atoms with Crippen molar-refractivity contribution in [3.05, 3.63) is 35.4 Å². The van der Waals surface area contributed by atoms with Gasteiger partial charge in [-0.2, -0.15) is 13.2 Å². The van der Waals surface area contributed by atoms with E-state index in [-0.39, 0.29) is 50.4 Å². The number of cyclic esters (lactones) is 1. The highest BCUT2D eigenvalue weighted by atomic mass is 19.4. The van der Waals surface area contributed by atoms with Crippen LogP contribution >= 0.6 is 0 Å². The van der Waals surface area contributed by atoms with Crippen molar-refractivity contribution < 1.29 is 47.1 Å². The molecule has 2 saturated heterocycles. The minimum absolute atomic E-state index is 0.0499. The number of ether oxygens (including phenoxy) is 1. The maximum absolute atomic E-state index is 13.8. The van der Waals surface area contributed by atoms with Crippen LogP contribution in [0.2, 0.25) is 0 Å². The predicted octanol–water partition coefficient (Wildman–Crippen LogP) is 0.709. The summed E-state index contributed by atoms with van der Waals surface area (Å²) in [6, 6.07) is 3.42. The number of amides is 5. The second-order valence-corrected chi connectivity index (χ2v) is 10.7. The van der Waals surface area contributed by atoms with E-state index in [4.69, 9.17) is 4.74 Å². The van der Waals surface area contributed by atoms with Crippen molar-refractivity contribution in [1.82, 2.24) is 31.6 Å². The first-order chi connectivity index (χ1) is 21.0. The van der Waals surface area contributed by atoms with Gasteiger partial charge in [-0.25, -0.2) is 10.3 Å². The lowest BCUT2D eigenvalue weighted by atomic mass is 9.81. The summed E-state index contributed by atoms with van der Waals surface area (Å²) in [6.45, 7) is 1.91. The molecule has 2 aliphatic heterocycles. The minimum atomic E-state index is -4.75. The normalized spacial score (nSPS) is 22.7. The van der Waals surface area contributed by atoms with Crippen LogP contribution in [0.25, 0.3) is 0 Å². The van der Waals surface area contributed by atoms with Crippen LogP contribution in [-0.4, -0.2) is 91.7 Å². The maximum atomic E-state index is 13.8. The molecule has 44 heavy (non-hydrogen) atoms. The standard InChI is InChI=1S/C28H39F3N6O7/c29-28(30,31)21-8-2-1-6-18(21)16-20-19(25(40)36-43)7-5-15-44-27(42)33-10-4-3-9-22(35-24(20)39)26(41)34-17-23(38)37-13-11-32-12-14-37/h1-2,6,8,19-20,22,32,43H,3-5,7,9-17H2,(H,33,42)(H,34,41)(H,35,39)(H,36,40)/t19?,20-,22+/m1/s1. The fourth-order valence-electron chi connectivity index (χ4n) is 5.27. The SMILES string of the molecule is O=C1NCCCC[C@@H](C(=O)NCC(=O)N2CCNCC2)NC(=O)[C@H](Cc2ccccc2C(F)(F)F)C(C(=O)NO)CCCO1. The van der Waals surface area contributed by atoms with E-state index in [1.807, 2.05) is 0 Å². The first kappa shape index (κ1) is 34.6. The summed E-state index contributed by atoms with van der Waals surface area (Å²) < 4.78 is 46.6. The van der Waals surface area contributed by atoms with Crippen LogP contribution in [0.4, 0.5) is 18.0 Å². The molecule has 6 N–H and O–H groups in total. The average molecular weight is 629 g/mol. The lowest BCUT2D eigenvalue weighted by Crippen LogP contribution is -2.54. The topological polar surface area (TPSA) is 178 Å². The van der Waals surface area contributed by atoms with E-state index in [0.29, 0.717) is 39.0 Å². The molecule has 0 spiro atoms. The summed E-state index contributed by atoms with van der Waals surface area (Å²) in [7, 11) is 0. The molecule has 1 unspecified atom stereocenters. The number of nitrogens with one attached hydrogen (secondary N) is 5. The number of carbonyl (C=O) groups is 5. The Morgan fingerprint density at radius 1 is 1.00 bits per heavy atom. The van der Waals surface area contributed by atoms with Gasteiger partial charge >= 0.3 is 12.3 Å². The zero-order valence-corrected chi connectivity index (χ0v) is 24.2. The lowest BCUT2D eigenvalue weighted by Gasteiger charge is -2.29. The number of nitrogens with zero attached hydrogens (tertiary/aromatic N) is 1. The number of hydrogen-bond donors (Lipinski definition) is 6. The predicted molar refractivity (Wildman–Crippen MR) is 149 cm³/mol. The fourth-order valence-corrected chi connectivity index (χ4v) is 5.27. The highest BCUT2D eigenvalue weighted by Gasteiger charge is 2.39. The summed E-state index contributed by atoms with van der Waals surface area (Å²) in [5.74, 6) is -5.71. The average Bonchev–Trinajstić information content (AvgIpc) is 3.01. The quantitative estimate of drug-likeness (QED) is 0.197. The van der Waals surface area contributed by atoms with Gasteiger partial charge in [-0.15, -0.1) is 0 Å². The van der Waals surface area contributed by atoms with Gasteiger partial charge in [-0.1, -0.05) is 18.2 Å². The fraction of sp³-hybridized carbons (Fsp3) is 0.607. The zero-order valence-electron chi connectivity index (χ0n) is 24.2. The molecule has 0 aliphatic carbocycles. The smallest absolute Gasteiger partial charge is 0.416 e. The second kappa shape index (κ2) is 16.8. The minimum Gasteiger partial charge on any atom is -0.450 e. The Labute approximate surface area is 252 Å². The molecule has 13 nitrogen and oxygen atoms in total. The van der Waals surface area contributed by atoms with Crippen molar-refractivity contribution in [2.45, 2.75) is 50.7 Å². The van der Waals surface area contributed by atoms with Gasteiger partial charge in [0.05, 0.1) is 30.6 Å². The highest BCUT2D eigenvalue weighted by Crippen LogP contribution is 2.34. The van der Waals surface area contributed by atoms with Crippen molar-refractivity contribution in [1.29, 1.82) is 0 Å². The van der Waals surface area contributed by atoms with Crippen LogP contribution in [0, 0.1) is 11.8 Å². The number of alkyl carbamates (subject to hydrolysis) is 1. The van der Waals surface area contributed by atoms with Gasteiger partial charge in [0.2, 0.25) is 23.6 Å². The summed E-state index contributed by atoms with van der Waals surface area (Å²) in [6.07, 6.45) is -5.28. The third kappa shape index (κ3) is 10.4. The molecule has 3 atom stereocenters. The van der Waals surface area contributed by atoms with Gasteiger partial charge in [-0.3, -0.25) is 24.4 Å². The van der Waals surface area contributed by atoms with Gasteiger partial charge in [0, 0.05) is 32.7 Å². The summed E-state index contributed by atoms with van der Waals surface area (Å²) in [5.41, 5.74) is 0.230. The number of carbonyl (C=O) groups excluding carboxylic acids is 5. The van der Waals surface area contributed by atoms with Crippen molar-refractivity contribution in [2.24, 2.45) is 11.8 Å². The third-order valence-corrected chi connectivity index (χ3v) is 7.63. The van der Waals surface area contributed by atoms with Crippen molar-refractivity contribution >= 4 is 29.7 Å². The molecule has 0 saturated carbocycles. The number of hydroxylamine groups is 1. The van der Waals surface area contributed by atoms with Crippen LogP contribution in [0.5, 0.6) is 0 Å². The molecular weight excluding hydrogens is 589 g/mol. The first-order valence-electron chi connectivity index (χ1n) is 14.6. The molecule has 16 heteroatoms. The molecule has 5 amide bonds. The molecular formula is C28H39F3N6O7. The maximum Gasteiger partial charge on any atom is 0.416 e. The van der Waals surface area contributed by atoms with Crippen molar-refractivity contribution in [3.8, 4) is 0 Å². The third-order valence-electron chi connectivity index (χ3n) is 7.63. The van der Waals surface area contributed by atoms with E-state index in [2.05, 4.69) is 21.3 Å². The molecule has 0 bridgehead atoms. The summed E-state index contributed by atoms with van der Waals surface area (Å²) in [4.78, 5) is 66.0. The zero-order chi connectivity index (χ0) is 32.1. The van der Waals surface area contributed by atoms with E-state index in [1.54, 1.807) is 4.90 Å². The molecule has 2 fully saturated rings. The molecule has 2 heterocycles. The van der Waals surface area contributed by atoms with E-state index in [1.165, 1.54) is 23.7 Å². The van der Waals surface area contributed by atoms with Gasteiger partial charge in [0.25, 0.3) is 0 Å². The van der Waals surface area contributed by atoms with Crippen LogP contribution in [0.15, 0.2) is 24.3 Å². The number of halogens is 3. The lowest BCUT2D eigenvalue weighted by molar-refractivity contribution is -0.142. The Bertz CT molecular complexity index is 1160. The molecule has 3 rings (SSSR count). The molecule has 1 aromatic carbocycles. The van der Waals surface area contributed by atoms with Crippen LogP contribution in [0.3, 0.4) is 0 Å². The van der Waals surface area contributed by atoms with E-state index >= 15 is 0 Å². The summed E-state index contributed by atoms with van der Waals surface area (Å²) in [5, 5.41) is 20.3. The van der Waals surface area contributed by atoms with Crippen molar-refractivity contribution in [2.75, 3.05) is 45.9 Å². The molecule has 1 aromatic rings. The Balaban J connectivity index is 1.89. The highest BCUT2D eigenvalue weighted by molar-refractivity contribution is 5.93. The van der Waals surface area contributed by atoms with Crippen LogP contribution < -0.4 is 26.7 Å². The van der Waals surface area contributed by atoms with Gasteiger partial charge in [0.15, 0.2) is 0 Å². The van der Waals surface area contributed by atoms with E-state index in [9.17, 15) is 42.4 Å². The Kier molecular flexibility index (Phi) is 13.2.